The first-order valence-corrected chi connectivity index (χ1v) is 5.08. The maximum absolute atomic E-state index is 10.8. The Morgan fingerprint density at radius 1 is 1.73 bits per heavy atom. The van der Waals surface area contributed by atoms with Crippen LogP contribution in [0.3, 0.4) is 0 Å². The number of aliphatic carboxylic acids is 1. The molecule has 1 aromatic rings. The Morgan fingerprint density at radius 3 is 3.00 bits per heavy atom. The molecular formula is C10H17N3O2. The number of carboxylic acids is 1. The highest BCUT2D eigenvalue weighted by atomic mass is 16.4. The molecule has 5 heteroatoms. The lowest BCUT2D eigenvalue weighted by Gasteiger charge is -2.10. The van der Waals surface area contributed by atoms with Gasteiger partial charge in [-0.1, -0.05) is 13.3 Å². The van der Waals surface area contributed by atoms with E-state index in [1.807, 2.05) is 6.20 Å². The summed E-state index contributed by atoms with van der Waals surface area (Å²) in [5.74, 6) is -0.856. The number of nitrogens with one attached hydrogen (secondary N) is 1. The molecule has 15 heavy (non-hydrogen) atoms. The number of hydrogen-bond acceptors (Lipinski definition) is 3. The lowest BCUT2D eigenvalue weighted by atomic mass is 10.2. The molecule has 0 aliphatic rings. The Bertz CT molecular complexity index is 322. The van der Waals surface area contributed by atoms with Crippen LogP contribution >= 0.6 is 0 Å². The van der Waals surface area contributed by atoms with Crippen molar-refractivity contribution < 1.29 is 9.90 Å². The first kappa shape index (κ1) is 11.7. The van der Waals surface area contributed by atoms with Crippen molar-refractivity contribution in [3.8, 4) is 0 Å². The molecule has 2 N–H and O–H groups in total. The minimum atomic E-state index is -0.856. The van der Waals surface area contributed by atoms with Gasteiger partial charge in [-0.3, -0.25) is 9.48 Å². The van der Waals surface area contributed by atoms with E-state index in [9.17, 15) is 4.79 Å². The smallest absolute Gasteiger partial charge is 0.322 e. The van der Waals surface area contributed by atoms with E-state index in [2.05, 4.69) is 17.3 Å². The first-order valence-electron chi connectivity index (χ1n) is 5.08. The van der Waals surface area contributed by atoms with Gasteiger partial charge in [0.2, 0.25) is 0 Å². The monoisotopic (exact) mass is 211 g/mol. The summed E-state index contributed by atoms with van der Waals surface area (Å²) in [4.78, 5) is 10.8. The van der Waals surface area contributed by atoms with Crippen molar-refractivity contribution in [2.24, 2.45) is 0 Å². The number of likely N-dealkylation sites (N-methyl/N-ethyl adjacent to an activating group) is 1. The summed E-state index contributed by atoms with van der Waals surface area (Å²) in [6.45, 7) is 2.46. The van der Waals surface area contributed by atoms with Crippen molar-refractivity contribution in [1.29, 1.82) is 0 Å². The highest BCUT2D eigenvalue weighted by molar-refractivity contribution is 5.73. The molecule has 0 aliphatic heterocycles. The van der Waals surface area contributed by atoms with Crippen molar-refractivity contribution in [2.75, 3.05) is 7.05 Å². The summed E-state index contributed by atoms with van der Waals surface area (Å²) < 4.78 is 1.67. The summed E-state index contributed by atoms with van der Waals surface area (Å²) in [6.07, 6.45) is 5.74. The molecule has 0 saturated carbocycles. The van der Waals surface area contributed by atoms with Crippen molar-refractivity contribution in [3.05, 3.63) is 18.0 Å². The number of aryl methyl sites for hydroxylation is 1. The Labute approximate surface area is 89.1 Å². The van der Waals surface area contributed by atoms with Gasteiger partial charge in [0.05, 0.1) is 12.7 Å². The van der Waals surface area contributed by atoms with Gasteiger partial charge in [0.15, 0.2) is 0 Å². The van der Waals surface area contributed by atoms with Crippen molar-refractivity contribution in [1.82, 2.24) is 15.1 Å². The number of hydrogen-bond donors (Lipinski definition) is 2. The van der Waals surface area contributed by atoms with E-state index in [0.717, 1.165) is 18.4 Å². The molecule has 0 aromatic carbocycles. The average molecular weight is 211 g/mol. The molecule has 1 atom stereocenters. The fourth-order valence-electron chi connectivity index (χ4n) is 1.40. The van der Waals surface area contributed by atoms with E-state index >= 15 is 0 Å². The van der Waals surface area contributed by atoms with Crippen LogP contribution in [0.2, 0.25) is 0 Å². The maximum atomic E-state index is 10.8. The van der Waals surface area contributed by atoms with E-state index in [1.54, 1.807) is 17.9 Å². The maximum Gasteiger partial charge on any atom is 0.322 e. The Morgan fingerprint density at radius 2 is 2.47 bits per heavy atom. The van der Waals surface area contributed by atoms with Gasteiger partial charge < -0.3 is 10.4 Å². The second kappa shape index (κ2) is 5.50. The fourth-order valence-corrected chi connectivity index (χ4v) is 1.40. The first-order chi connectivity index (χ1) is 7.17. The lowest BCUT2D eigenvalue weighted by molar-refractivity contribution is -0.139. The molecule has 5 nitrogen and oxygen atoms in total. The summed E-state index contributed by atoms with van der Waals surface area (Å²) in [6, 6.07) is -0.584. The zero-order valence-corrected chi connectivity index (χ0v) is 9.10. The van der Waals surface area contributed by atoms with Gasteiger partial charge in [-0.2, -0.15) is 5.10 Å². The minimum Gasteiger partial charge on any atom is -0.480 e. The zero-order valence-electron chi connectivity index (χ0n) is 9.10. The zero-order chi connectivity index (χ0) is 11.3. The molecule has 0 amide bonds. The highest BCUT2D eigenvalue weighted by Gasteiger charge is 2.15. The third-order valence-electron chi connectivity index (χ3n) is 2.24. The number of carbonyl (C=O) groups is 1. The highest BCUT2D eigenvalue weighted by Crippen LogP contribution is 2.02. The number of nitrogens with zero attached hydrogens (tertiary/aromatic N) is 2. The van der Waals surface area contributed by atoms with Crippen molar-refractivity contribution in [2.45, 2.75) is 32.4 Å². The van der Waals surface area contributed by atoms with Crippen LogP contribution in [0, 0.1) is 0 Å². The Balaban J connectivity index is 2.59. The fraction of sp³-hybridized carbons (Fsp3) is 0.600. The van der Waals surface area contributed by atoms with E-state index in [0.29, 0.717) is 6.54 Å². The molecule has 1 aromatic heterocycles. The van der Waals surface area contributed by atoms with Crippen LogP contribution in [-0.2, 0) is 17.8 Å². The predicted molar refractivity (Wildman–Crippen MR) is 56.7 cm³/mol. The van der Waals surface area contributed by atoms with Crippen molar-refractivity contribution in [3.63, 3.8) is 0 Å². The summed E-state index contributed by atoms with van der Waals surface area (Å²) >= 11 is 0. The van der Waals surface area contributed by atoms with Gasteiger partial charge in [-0.15, -0.1) is 0 Å². The molecule has 1 unspecified atom stereocenters. The second-order valence-corrected chi connectivity index (χ2v) is 3.50. The number of rotatable bonds is 6. The quantitative estimate of drug-likeness (QED) is 0.719. The molecular weight excluding hydrogens is 194 g/mol. The van der Waals surface area contributed by atoms with Gasteiger partial charge in [0.1, 0.15) is 6.04 Å². The van der Waals surface area contributed by atoms with E-state index in [-0.39, 0.29) is 0 Å². The van der Waals surface area contributed by atoms with Crippen molar-refractivity contribution >= 4 is 5.97 Å². The molecule has 0 bridgehead atoms. The van der Waals surface area contributed by atoms with Crippen LogP contribution in [0.15, 0.2) is 12.4 Å². The number of aromatic nitrogens is 2. The van der Waals surface area contributed by atoms with Crippen LogP contribution in [0.4, 0.5) is 0 Å². The van der Waals surface area contributed by atoms with Gasteiger partial charge >= 0.3 is 5.97 Å². The lowest BCUT2D eigenvalue weighted by Crippen LogP contribution is -2.37. The van der Waals surface area contributed by atoms with Gasteiger partial charge in [0.25, 0.3) is 0 Å². The van der Waals surface area contributed by atoms with Crippen LogP contribution < -0.4 is 5.32 Å². The largest absolute Gasteiger partial charge is 0.480 e. The standard InChI is InChI=1S/C10H17N3O2/c1-3-4-8-5-12-13(6-8)7-9(11-2)10(14)15/h5-6,9,11H,3-4,7H2,1-2H3,(H,14,15). The van der Waals surface area contributed by atoms with Crippen LogP contribution in [0.5, 0.6) is 0 Å². The third-order valence-corrected chi connectivity index (χ3v) is 2.24. The Kier molecular flexibility index (Phi) is 4.30. The molecule has 1 rings (SSSR count). The van der Waals surface area contributed by atoms with Gasteiger partial charge in [-0.05, 0) is 19.0 Å². The minimum absolute atomic E-state index is 0.357. The average Bonchev–Trinajstić information content (AvgIpc) is 2.62. The molecule has 84 valence electrons. The predicted octanol–water partition coefficient (Wildman–Crippen LogP) is 0.508. The SMILES string of the molecule is CCCc1cnn(CC(NC)C(=O)O)c1. The van der Waals surface area contributed by atoms with Crippen LogP contribution in [-0.4, -0.2) is 33.9 Å². The Hall–Kier alpha value is -1.36. The van der Waals surface area contributed by atoms with Crippen LogP contribution in [0.1, 0.15) is 18.9 Å². The summed E-state index contributed by atoms with van der Waals surface area (Å²) in [5.41, 5.74) is 1.15. The van der Waals surface area contributed by atoms with E-state index in [4.69, 9.17) is 5.11 Å². The van der Waals surface area contributed by atoms with Gasteiger partial charge in [-0.25, -0.2) is 0 Å². The summed E-state index contributed by atoms with van der Waals surface area (Å²) in [5, 5.41) is 15.7. The second-order valence-electron chi connectivity index (χ2n) is 3.50. The topological polar surface area (TPSA) is 67.2 Å². The van der Waals surface area contributed by atoms with E-state index < -0.39 is 12.0 Å². The van der Waals surface area contributed by atoms with Crippen LogP contribution in [0.25, 0.3) is 0 Å². The normalized spacial score (nSPS) is 12.7. The molecule has 0 radical (unpaired) electrons. The third kappa shape index (κ3) is 3.36. The number of carboxylic acid groups (broad SMARTS) is 1. The molecule has 0 saturated heterocycles. The molecule has 0 aliphatic carbocycles. The molecule has 0 spiro atoms. The van der Waals surface area contributed by atoms with Gasteiger partial charge in [0, 0.05) is 6.20 Å². The molecule has 0 fully saturated rings. The summed E-state index contributed by atoms with van der Waals surface area (Å²) in [7, 11) is 1.63. The molecule has 1 heterocycles. The van der Waals surface area contributed by atoms with E-state index in [1.165, 1.54) is 0 Å².